The number of aliphatic hydroxyl groups is 1. The van der Waals surface area contributed by atoms with Gasteiger partial charge in [0.1, 0.15) is 23.6 Å². The van der Waals surface area contributed by atoms with Crippen molar-refractivity contribution < 1.29 is 28.2 Å². The number of carbonyl (C=O) groups excluding carboxylic acids is 2. The fraction of sp³-hybridized carbons (Fsp3) is 0.452. The summed E-state index contributed by atoms with van der Waals surface area (Å²) in [4.78, 5) is 32.1. The molecule has 0 bridgehead atoms. The second-order valence-corrected chi connectivity index (χ2v) is 11.2. The van der Waals surface area contributed by atoms with E-state index in [9.17, 15) is 23.5 Å². The highest BCUT2D eigenvalue weighted by atomic mass is 19.1. The van der Waals surface area contributed by atoms with Crippen molar-refractivity contribution in [2.75, 3.05) is 26.3 Å². The van der Waals surface area contributed by atoms with Crippen LogP contribution >= 0.6 is 0 Å². The van der Waals surface area contributed by atoms with Crippen LogP contribution in [0.5, 0.6) is 0 Å². The van der Waals surface area contributed by atoms with Crippen molar-refractivity contribution >= 4 is 11.8 Å². The number of benzene rings is 2. The molecule has 0 spiro atoms. The van der Waals surface area contributed by atoms with Gasteiger partial charge in [0.2, 0.25) is 5.91 Å². The fourth-order valence-electron chi connectivity index (χ4n) is 6.06. The summed E-state index contributed by atoms with van der Waals surface area (Å²) in [6, 6.07) is 11.8. The number of halogens is 2. The van der Waals surface area contributed by atoms with Gasteiger partial charge in [0.25, 0.3) is 5.91 Å². The Hall–Kier alpha value is -3.67. The number of ether oxygens (including phenoxy) is 1. The van der Waals surface area contributed by atoms with Crippen LogP contribution in [0.1, 0.15) is 43.6 Å². The largest absolute Gasteiger partial charge is 0.384 e. The van der Waals surface area contributed by atoms with Crippen LogP contribution in [0.15, 0.2) is 54.7 Å². The third-order valence-corrected chi connectivity index (χ3v) is 8.18. The van der Waals surface area contributed by atoms with E-state index in [4.69, 9.17) is 15.5 Å². The molecule has 4 N–H and O–H groups in total. The summed E-state index contributed by atoms with van der Waals surface area (Å²) < 4.78 is 36.7. The zero-order chi connectivity index (χ0) is 29.8. The third kappa shape index (κ3) is 6.69. The van der Waals surface area contributed by atoms with E-state index in [1.807, 2.05) is 34.9 Å². The summed E-state index contributed by atoms with van der Waals surface area (Å²) in [7, 11) is 0. The molecule has 2 saturated heterocycles. The number of primary amides is 1. The maximum absolute atomic E-state index is 15.0. The lowest BCUT2D eigenvalue weighted by molar-refractivity contribution is -0.145. The Bertz CT molecular complexity index is 1390. The fourth-order valence-corrected chi connectivity index (χ4v) is 6.06. The molecule has 0 saturated carbocycles. The zero-order valence-electron chi connectivity index (χ0n) is 23.6. The topological polar surface area (TPSA) is 123 Å². The predicted octanol–water partition coefficient (Wildman–Crippen LogP) is 3.02. The Morgan fingerprint density at radius 2 is 1.93 bits per heavy atom. The average molecular weight is 582 g/mol. The minimum absolute atomic E-state index is 0.0199. The summed E-state index contributed by atoms with van der Waals surface area (Å²) in [5.74, 6) is -1.78. The van der Waals surface area contributed by atoms with E-state index in [1.165, 1.54) is 6.92 Å². The van der Waals surface area contributed by atoms with Gasteiger partial charge in [0.15, 0.2) is 0 Å². The van der Waals surface area contributed by atoms with Gasteiger partial charge in [0, 0.05) is 44.6 Å². The van der Waals surface area contributed by atoms with Crippen molar-refractivity contribution in [3.05, 3.63) is 77.8 Å². The van der Waals surface area contributed by atoms with Gasteiger partial charge in [-0.25, -0.2) is 13.8 Å². The molecule has 42 heavy (non-hydrogen) atoms. The van der Waals surface area contributed by atoms with Gasteiger partial charge < -0.3 is 30.4 Å². The lowest BCUT2D eigenvalue weighted by Crippen LogP contribution is -2.47. The molecule has 2 fully saturated rings. The van der Waals surface area contributed by atoms with E-state index in [-0.39, 0.29) is 29.6 Å². The van der Waals surface area contributed by atoms with Crippen molar-refractivity contribution in [2.24, 2.45) is 17.6 Å². The predicted molar refractivity (Wildman–Crippen MR) is 152 cm³/mol. The SMILES string of the molecule is C[C@H](O)C(=O)N(CC1CNC(C(N)=O)C1)[C@@H](c1nc(-c2cc(F)ccc2F)cn1Cc1ccccc1)C1CCOCC1. The van der Waals surface area contributed by atoms with E-state index < -0.39 is 41.6 Å². The van der Waals surface area contributed by atoms with E-state index in [2.05, 4.69) is 5.32 Å². The van der Waals surface area contributed by atoms with Gasteiger partial charge >= 0.3 is 0 Å². The van der Waals surface area contributed by atoms with Gasteiger partial charge in [0.05, 0.1) is 17.8 Å². The molecule has 4 atom stereocenters. The van der Waals surface area contributed by atoms with Crippen molar-refractivity contribution in [1.29, 1.82) is 0 Å². The van der Waals surface area contributed by atoms with Crippen molar-refractivity contribution in [1.82, 2.24) is 19.8 Å². The van der Waals surface area contributed by atoms with Crippen LogP contribution in [0.2, 0.25) is 0 Å². The zero-order valence-corrected chi connectivity index (χ0v) is 23.6. The first-order chi connectivity index (χ1) is 20.2. The van der Waals surface area contributed by atoms with Gasteiger partial charge in [-0.15, -0.1) is 0 Å². The molecule has 11 heteroatoms. The van der Waals surface area contributed by atoms with Crippen LogP contribution in [0, 0.1) is 23.5 Å². The number of hydrogen-bond donors (Lipinski definition) is 3. The highest BCUT2D eigenvalue weighted by Gasteiger charge is 2.40. The molecule has 9 nitrogen and oxygen atoms in total. The second kappa shape index (κ2) is 13.1. The number of carbonyl (C=O) groups is 2. The number of aliphatic hydroxyl groups excluding tert-OH is 1. The lowest BCUT2D eigenvalue weighted by atomic mass is 9.88. The van der Waals surface area contributed by atoms with E-state index in [1.54, 1.807) is 11.1 Å². The van der Waals surface area contributed by atoms with Crippen LogP contribution in [-0.2, 0) is 20.9 Å². The molecule has 2 aromatic carbocycles. The Morgan fingerprint density at radius 3 is 2.60 bits per heavy atom. The third-order valence-electron chi connectivity index (χ3n) is 8.18. The van der Waals surface area contributed by atoms with E-state index >= 15 is 0 Å². The standard InChI is InChI=1S/C31H37F2N5O4/c1-19(39)31(41)38(17-21-13-26(29(34)40)35-15-21)28(22-9-11-42-12-10-22)30-36-27(24-14-23(32)7-8-25(24)33)18-37(30)16-20-5-3-2-4-6-20/h2-8,14,18-19,21-22,26,28,35,39H,9-13,15-17H2,1H3,(H2,34,40)/t19-,21?,26?,28+/m0/s1. The highest BCUT2D eigenvalue weighted by Crippen LogP contribution is 2.38. The molecule has 2 aliphatic rings. The Labute approximate surface area is 243 Å². The molecule has 0 aliphatic carbocycles. The molecule has 5 rings (SSSR count). The molecule has 3 heterocycles. The number of rotatable bonds is 10. The van der Waals surface area contributed by atoms with Gasteiger partial charge in [-0.2, -0.15) is 0 Å². The van der Waals surface area contributed by atoms with Crippen LogP contribution in [0.3, 0.4) is 0 Å². The number of nitrogens with zero attached hydrogens (tertiary/aromatic N) is 3. The summed E-state index contributed by atoms with van der Waals surface area (Å²) in [5, 5.41) is 13.7. The molecular weight excluding hydrogens is 544 g/mol. The molecular formula is C31H37F2N5O4. The number of nitrogens with one attached hydrogen (secondary N) is 1. The minimum atomic E-state index is -1.29. The molecule has 3 aromatic rings. The molecule has 1 aromatic heterocycles. The maximum atomic E-state index is 15.0. The molecule has 2 unspecified atom stereocenters. The Balaban J connectivity index is 1.63. The van der Waals surface area contributed by atoms with E-state index in [0.29, 0.717) is 51.4 Å². The number of amides is 2. The van der Waals surface area contributed by atoms with Crippen molar-refractivity contribution in [3.8, 4) is 11.3 Å². The molecule has 0 radical (unpaired) electrons. The quantitative estimate of drug-likeness (QED) is 0.338. The van der Waals surface area contributed by atoms with Crippen molar-refractivity contribution in [2.45, 2.75) is 50.9 Å². The normalized spacial score (nSPS) is 20.8. The summed E-state index contributed by atoms with van der Waals surface area (Å²) in [6.45, 7) is 3.54. The smallest absolute Gasteiger partial charge is 0.251 e. The van der Waals surface area contributed by atoms with Crippen LogP contribution in [0.25, 0.3) is 11.3 Å². The van der Waals surface area contributed by atoms with Gasteiger partial charge in [-0.05, 0) is 61.8 Å². The van der Waals surface area contributed by atoms with E-state index in [0.717, 1.165) is 23.8 Å². The summed E-state index contributed by atoms with van der Waals surface area (Å²) in [5.41, 5.74) is 6.76. The van der Waals surface area contributed by atoms with Gasteiger partial charge in [-0.1, -0.05) is 30.3 Å². The number of nitrogens with two attached hydrogens (primary N) is 1. The second-order valence-electron chi connectivity index (χ2n) is 11.2. The molecule has 2 aliphatic heterocycles. The Kier molecular flexibility index (Phi) is 9.30. The summed E-state index contributed by atoms with van der Waals surface area (Å²) >= 11 is 0. The minimum Gasteiger partial charge on any atom is -0.384 e. The van der Waals surface area contributed by atoms with Crippen molar-refractivity contribution in [3.63, 3.8) is 0 Å². The highest BCUT2D eigenvalue weighted by molar-refractivity contribution is 5.81. The molecule has 224 valence electrons. The van der Waals surface area contributed by atoms with Gasteiger partial charge in [-0.3, -0.25) is 9.59 Å². The first-order valence-electron chi connectivity index (χ1n) is 14.4. The maximum Gasteiger partial charge on any atom is 0.251 e. The first kappa shape index (κ1) is 29.8. The van der Waals surface area contributed by atoms with Crippen LogP contribution in [-0.4, -0.2) is 69.8 Å². The summed E-state index contributed by atoms with van der Waals surface area (Å²) in [6.07, 6.45) is 2.15. The Morgan fingerprint density at radius 1 is 1.19 bits per heavy atom. The van der Waals surface area contributed by atoms with Crippen LogP contribution in [0.4, 0.5) is 8.78 Å². The monoisotopic (exact) mass is 581 g/mol. The number of imidazole rings is 1. The average Bonchev–Trinajstić information content (AvgIpc) is 3.62. The number of aromatic nitrogens is 2. The first-order valence-corrected chi connectivity index (χ1v) is 14.4. The van der Waals surface area contributed by atoms with Crippen LogP contribution < -0.4 is 11.1 Å². The number of hydrogen-bond acceptors (Lipinski definition) is 6. The molecule has 2 amide bonds. The lowest BCUT2D eigenvalue weighted by Gasteiger charge is -2.40.